The largest absolute Gasteiger partial charge is 0.349 e. The lowest BCUT2D eigenvalue weighted by Crippen LogP contribution is -2.19. The van der Waals surface area contributed by atoms with Crippen LogP contribution in [0.5, 0.6) is 0 Å². The molecule has 80 valence electrons. The van der Waals surface area contributed by atoms with Gasteiger partial charge in [-0.25, -0.2) is 4.98 Å². The summed E-state index contributed by atoms with van der Waals surface area (Å²) >= 11 is 6.00. The second-order valence-electron chi connectivity index (χ2n) is 3.22. The first-order valence-corrected chi connectivity index (χ1v) is 5.00. The zero-order valence-corrected chi connectivity index (χ0v) is 9.67. The number of aromatic nitrogens is 1. The minimum atomic E-state index is 0.535. The number of nitrogens with zero attached hydrogens (tertiary/aromatic N) is 2. The topological polar surface area (TPSA) is 28.2 Å². The van der Waals surface area contributed by atoms with Crippen molar-refractivity contribution in [2.45, 2.75) is 6.54 Å². The molecule has 0 saturated carbocycles. The van der Waals surface area contributed by atoms with Crippen LogP contribution in [0.1, 0.15) is 5.56 Å². The molecule has 0 spiro atoms. The van der Waals surface area contributed by atoms with Crippen LogP contribution in [-0.2, 0) is 6.54 Å². The maximum absolute atomic E-state index is 6.00. The molecule has 0 aliphatic rings. The van der Waals surface area contributed by atoms with Gasteiger partial charge in [-0.05, 0) is 18.7 Å². The van der Waals surface area contributed by atoms with E-state index in [2.05, 4.69) is 16.2 Å². The average Bonchev–Trinajstić information content (AvgIpc) is 2.22. The lowest BCUT2D eigenvalue weighted by atomic mass is 10.2. The molecule has 0 atom stereocenters. The van der Waals surface area contributed by atoms with Gasteiger partial charge in [-0.1, -0.05) is 17.5 Å². The number of nitrogens with one attached hydrogen (secondary N) is 1. The van der Waals surface area contributed by atoms with Gasteiger partial charge in [0, 0.05) is 19.8 Å². The predicted octanol–water partition coefficient (Wildman–Crippen LogP) is 1.52. The molecule has 1 rings (SSSR count). The van der Waals surface area contributed by atoms with E-state index in [-0.39, 0.29) is 0 Å². The summed E-state index contributed by atoms with van der Waals surface area (Å²) in [5.74, 6) is 3.41. The van der Waals surface area contributed by atoms with E-state index in [4.69, 9.17) is 18.0 Å². The minimum Gasteiger partial charge on any atom is -0.349 e. The molecule has 0 saturated heterocycles. The first-order valence-electron chi connectivity index (χ1n) is 4.62. The summed E-state index contributed by atoms with van der Waals surface area (Å²) in [6.45, 7) is 1.26. The lowest BCUT2D eigenvalue weighted by molar-refractivity contribution is 0.814. The third-order valence-corrected chi connectivity index (χ3v) is 2.35. The molecule has 15 heavy (non-hydrogen) atoms. The Morgan fingerprint density at radius 2 is 2.40 bits per heavy atom. The third-order valence-electron chi connectivity index (χ3n) is 2.01. The Balaban J connectivity index is 2.92. The Morgan fingerprint density at radius 3 is 3.00 bits per heavy atom. The number of rotatable bonds is 4. The molecule has 4 heteroatoms. The third kappa shape index (κ3) is 3.12. The van der Waals surface area contributed by atoms with E-state index in [1.165, 1.54) is 0 Å². The van der Waals surface area contributed by atoms with E-state index >= 15 is 0 Å². The van der Waals surface area contributed by atoms with Crippen LogP contribution in [-0.4, -0.2) is 25.6 Å². The Bertz CT molecular complexity index is 371. The quantitative estimate of drug-likeness (QED) is 0.785. The van der Waals surface area contributed by atoms with E-state index in [1.807, 2.05) is 25.1 Å². The van der Waals surface area contributed by atoms with Crippen LogP contribution >= 0.6 is 11.6 Å². The van der Waals surface area contributed by atoms with Gasteiger partial charge in [0.1, 0.15) is 5.82 Å². The van der Waals surface area contributed by atoms with Gasteiger partial charge in [0.15, 0.2) is 0 Å². The Hall–Kier alpha value is -1.24. The molecule has 1 N–H and O–H groups in total. The lowest BCUT2D eigenvalue weighted by Gasteiger charge is -2.16. The average molecular weight is 224 g/mol. The van der Waals surface area contributed by atoms with Crippen molar-refractivity contribution in [2.75, 3.05) is 25.5 Å². The van der Waals surface area contributed by atoms with Gasteiger partial charge in [-0.15, -0.1) is 6.42 Å². The Morgan fingerprint density at radius 1 is 1.67 bits per heavy atom. The summed E-state index contributed by atoms with van der Waals surface area (Å²) in [6, 6.07) is 1.94. The maximum atomic E-state index is 6.00. The van der Waals surface area contributed by atoms with Gasteiger partial charge < -0.3 is 10.2 Å². The molecule has 0 aromatic carbocycles. The molecule has 1 aromatic rings. The molecule has 0 aliphatic heterocycles. The van der Waals surface area contributed by atoms with Gasteiger partial charge in [-0.3, -0.25) is 0 Å². The highest BCUT2D eigenvalue weighted by atomic mass is 35.5. The zero-order valence-electron chi connectivity index (χ0n) is 8.92. The van der Waals surface area contributed by atoms with Crippen molar-refractivity contribution < 1.29 is 0 Å². The van der Waals surface area contributed by atoms with Crippen LogP contribution in [0.25, 0.3) is 0 Å². The fourth-order valence-corrected chi connectivity index (χ4v) is 1.39. The highest BCUT2D eigenvalue weighted by Gasteiger charge is 2.05. The Labute approximate surface area is 95.5 Å². The van der Waals surface area contributed by atoms with Crippen LogP contribution in [0.15, 0.2) is 12.3 Å². The number of halogens is 1. The molecule has 0 aliphatic carbocycles. The molecular weight excluding hydrogens is 210 g/mol. The second-order valence-corrected chi connectivity index (χ2v) is 3.63. The van der Waals surface area contributed by atoms with Gasteiger partial charge in [0.05, 0.1) is 11.6 Å². The molecule has 1 heterocycles. The van der Waals surface area contributed by atoms with E-state index < -0.39 is 0 Å². The number of terminal acetylenes is 1. The normalized spacial score (nSPS) is 9.73. The van der Waals surface area contributed by atoms with Crippen LogP contribution < -0.4 is 10.2 Å². The highest BCUT2D eigenvalue weighted by molar-refractivity contribution is 6.31. The fraction of sp³-hybridized carbons (Fsp3) is 0.364. The summed E-state index contributed by atoms with van der Waals surface area (Å²) in [4.78, 5) is 6.11. The van der Waals surface area contributed by atoms with E-state index in [0.29, 0.717) is 11.6 Å². The van der Waals surface area contributed by atoms with Crippen molar-refractivity contribution in [1.82, 2.24) is 10.3 Å². The molecule has 0 amide bonds. The van der Waals surface area contributed by atoms with Gasteiger partial charge in [0.2, 0.25) is 0 Å². The predicted molar refractivity (Wildman–Crippen MR) is 64.1 cm³/mol. The molecule has 3 nitrogen and oxygen atoms in total. The van der Waals surface area contributed by atoms with E-state index in [0.717, 1.165) is 17.9 Å². The Kier molecular flexibility index (Phi) is 4.41. The molecule has 0 radical (unpaired) electrons. The summed E-state index contributed by atoms with van der Waals surface area (Å²) in [6.07, 6.45) is 6.88. The first-order chi connectivity index (χ1) is 7.19. The summed E-state index contributed by atoms with van der Waals surface area (Å²) in [7, 11) is 3.78. The van der Waals surface area contributed by atoms with Crippen molar-refractivity contribution in [3.05, 3.63) is 22.8 Å². The van der Waals surface area contributed by atoms with Crippen LogP contribution in [0, 0.1) is 12.3 Å². The van der Waals surface area contributed by atoms with Gasteiger partial charge in [0.25, 0.3) is 0 Å². The van der Waals surface area contributed by atoms with Crippen molar-refractivity contribution >= 4 is 17.4 Å². The van der Waals surface area contributed by atoms with Crippen molar-refractivity contribution in [1.29, 1.82) is 0 Å². The smallest absolute Gasteiger partial charge is 0.129 e. The highest BCUT2D eigenvalue weighted by Crippen LogP contribution is 2.19. The van der Waals surface area contributed by atoms with Gasteiger partial charge in [-0.2, -0.15) is 0 Å². The monoisotopic (exact) mass is 223 g/mol. The number of hydrogen-bond acceptors (Lipinski definition) is 3. The summed E-state index contributed by atoms with van der Waals surface area (Å²) in [5, 5.41) is 3.72. The molecule has 0 unspecified atom stereocenters. The number of pyridine rings is 1. The van der Waals surface area contributed by atoms with Crippen LogP contribution in [0.3, 0.4) is 0 Å². The van der Waals surface area contributed by atoms with Crippen molar-refractivity contribution in [2.24, 2.45) is 0 Å². The van der Waals surface area contributed by atoms with Crippen LogP contribution in [0.4, 0.5) is 5.82 Å². The summed E-state index contributed by atoms with van der Waals surface area (Å²) < 4.78 is 0. The van der Waals surface area contributed by atoms with Crippen LogP contribution in [0.2, 0.25) is 5.02 Å². The first kappa shape index (κ1) is 11.8. The molecular formula is C11H14ClN3. The fourth-order valence-electron chi connectivity index (χ4n) is 1.22. The number of hydrogen-bond donors (Lipinski definition) is 1. The standard InChI is InChI=1S/C11H14ClN3/c1-4-5-15(3)11-6-9(7-13-2)10(12)8-14-11/h1,6,8,13H,5,7H2,2-3H3. The number of anilines is 1. The molecule has 0 fully saturated rings. The zero-order chi connectivity index (χ0) is 11.3. The minimum absolute atomic E-state index is 0.535. The summed E-state index contributed by atoms with van der Waals surface area (Å²) in [5.41, 5.74) is 1.02. The van der Waals surface area contributed by atoms with E-state index in [9.17, 15) is 0 Å². The second kappa shape index (κ2) is 5.59. The van der Waals surface area contributed by atoms with Crippen molar-refractivity contribution in [3.63, 3.8) is 0 Å². The van der Waals surface area contributed by atoms with Gasteiger partial charge >= 0.3 is 0 Å². The van der Waals surface area contributed by atoms with E-state index in [1.54, 1.807) is 6.20 Å². The molecule has 0 bridgehead atoms. The SMILES string of the molecule is C#CCN(C)c1cc(CNC)c(Cl)cn1. The molecule has 1 aromatic heterocycles. The van der Waals surface area contributed by atoms with Crippen molar-refractivity contribution in [3.8, 4) is 12.3 Å². The maximum Gasteiger partial charge on any atom is 0.129 e.